The highest BCUT2D eigenvalue weighted by molar-refractivity contribution is 5.96. The molecule has 1 aromatic rings. The lowest BCUT2D eigenvalue weighted by Gasteiger charge is -2.39. The lowest BCUT2D eigenvalue weighted by Crippen LogP contribution is -2.62. The number of amides is 5. The van der Waals surface area contributed by atoms with Crippen molar-refractivity contribution in [2.24, 2.45) is 35.3 Å². The van der Waals surface area contributed by atoms with Gasteiger partial charge in [-0.2, -0.15) is 0 Å². The normalized spacial score (nSPS) is 14.7. The van der Waals surface area contributed by atoms with E-state index in [-0.39, 0.29) is 41.4 Å². The Labute approximate surface area is 288 Å². The van der Waals surface area contributed by atoms with Gasteiger partial charge in [0.15, 0.2) is 0 Å². The first kappa shape index (κ1) is 42.4. The summed E-state index contributed by atoms with van der Waals surface area (Å²) in [5, 5.41) is 8.54. The molecular weight excluding hydrogens is 612 g/mol. The average Bonchev–Trinajstić information content (AvgIpc) is 3.00. The van der Waals surface area contributed by atoms with Crippen molar-refractivity contribution in [3.63, 3.8) is 0 Å². The van der Waals surface area contributed by atoms with Crippen LogP contribution >= 0.6 is 0 Å². The maximum absolute atomic E-state index is 14.1. The Morgan fingerprint density at radius 3 is 1.65 bits per heavy atom. The molecule has 1 aromatic carbocycles. The molecule has 0 saturated carbocycles. The molecule has 0 aliphatic carbocycles. The van der Waals surface area contributed by atoms with Crippen LogP contribution in [0.5, 0.6) is 5.75 Å². The van der Waals surface area contributed by atoms with Crippen LogP contribution in [0.15, 0.2) is 24.3 Å². The monoisotopic (exact) mass is 674 g/mol. The van der Waals surface area contributed by atoms with Crippen molar-refractivity contribution in [3.05, 3.63) is 29.8 Å². The van der Waals surface area contributed by atoms with Crippen LogP contribution in [0.1, 0.15) is 74.8 Å². The number of carbonyl (C=O) groups is 5. The minimum absolute atomic E-state index is 0.122. The first-order valence-corrected chi connectivity index (χ1v) is 17.1. The van der Waals surface area contributed by atoms with Crippen LogP contribution in [-0.4, -0.2) is 97.3 Å². The SMILES string of the molecule is COc1ccccc1CCNC(=O)[C@H](C(C)C)N(C)C(=O)[C@H](C(C)C)N(C)C(=O)[C@@H](NC(=O)[C@@H](NC(=O)[C@@H](N)C(C)C)C(C)C)C(C)C. The second-order valence-electron chi connectivity index (χ2n) is 14.4. The number of nitrogens with two attached hydrogens (primary N) is 1. The van der Waals surface area contributed by atoms with E-state index < -0.39 is 47.9 Å². The third-order valence-corrected chi connectivity index (χ3v) is 8.70. The van der Waals surface area contributed by atoms with Crippen molar-refractivity contribution in [1.82, 2.24) is 25.8 Å². The molecule has 5 amide bonds. The Bertz CT molecular complexity index is 1230. The summed E-state index contributed by atoms with van der Waals surface area (Å²) in [5.41, 5.74) is 6.96. The second-order valence-corrected chi connectivity index (χ2v) is 14.4. The van der Waals surface area contributed by atoms with Gasteiger partial charge in [0, 0.05) is 20.6 Å². The number of para-hydroxylation sites is 1. The predicted octanol–water partition coefficient (Wildman–Crippen LogP) is 2.58. The molecule has 0 heterocycles. The quantitative estimate of drug-likeness (QED) is 0.186. The van der Waals surface area contributed by atoms with E-state index >= 15 is 0 Å². The van der Waals surface area contributed by atoms with Crippen LogP contribution in [0, 0.1) is 29.6 Å². The smallest absolute Gasteiger partial charge is 0.246 e. The molecule has 0 spiro atoms. The molecule has 0 aliphatic rings. The van der Waals surface area contributed by atoms with Crippen molar-refractivity contribution in [1.29, 1.82) is 0 Å². The van der Waals surface area contributed by atoms with Crippen molar-refractivity contribution in [2.75, 3.05) is 27.7 Å². The molecule has 0 fully saturated rings. The van der Waals surface area contributed by atoms with Gasteiger partial charge in [0.05, 0.1) is 13.2 Å². The van der Waals surface area contributed by atoms with Gasteiger partial charge >= 0.3 is 0 Å². The molecule has 1 rings (SSSR count). The zero-order chi connectivity index (χ0) is 37.0. The van der Waals surface area contributed by atoms with Crippen LogP contribution < -0.4 is 26.4 Å². The Kier molecular flexibility index (Phi) is 17.1. The van der Waals surface area contributed by atoms with E-state index in [2.05, 4.69) is 16.0 Å². The van der Waals surface area contributed by atoms with Crippen molar-refractivity contribution in [3.8, 4) is 5.75 Å². The summed E-state index contributed by atoms with van der Waals surface area (Å²) in [6.07, 6.45) is 0.554. The Morgan fingerprint density at radius 1 is 0.667 bits per heavy atom. The standard InChI is InChI=1S/C36H62N6O6/c1-20(2)27(37)32(43)39-28(21(3)4)33(44)40-29(22(5)6)35(46)42(12)31(24(9)10)36(47)41(11)30(23(7)8)34(45)38-19-18-25-16-14-15-17-26(25)48-13/h14-17,20-24,27-31H,18-19,37H2,1-13H3,(H,38,45)(H,39,43)(H,40,44)/t27-,28-,29-,30-,31-/m0/s1. The number of ether oxygens (including phenoxy) is 1. The molecule has 0 radical (unpaired) electrons. The topological polar surface area (TPSA) is 163 Å². The zero-order valence-corrected chi connectivity index (χ0v) is 31.4. The minimum Gasteiger partial charge on any atom is -0.496 e. The third kappa shape index (κ3) is 11.5. The molecule has 0 unspecified atom stereocenters. The van der Waals surface area contributed by atoms with E-state index in [4.69, 9.17) is 10.5 Å². The number of rotatable bonds is 18. The van der Waals surface area contributed by atoms with Crippen LogP contribution in [-0.2, 0) is 30.4 Å². The Morgan fingerprint density at radius 2 is 1.17 bits per heavy atom. The maximum atomic E-state index is 14.1. The molecular formula is C36H62N6O6. The van der Waals surface area contributed by atoms with Crippen LogP contribution in [0.3, 0.4) is 0 Å². The molecule has 0 bridgehead atoms. The van der Waals surface area contributed by atoms with E-state index in [0.717, 1.165) is 11.3 Å². The van der Waals surface area contributed by atoms with Gasteiger partial charge in [-0.25, -0.2) is 0 Å². The Balaban J connectivity index is 3.18. The number of carbonyl (C=O) groups excluding carboxylic acids is 5. The minimum atomic E-state index is -0.974. The van der Waals surface area contributed by atoms with Gasteiger partial charge in [-0.3, -0.25) is 24.0 Å². The highest BCUT2D eigenvalue weighted by Gasteiger charge is 2.40. The van der Waals surface area contributed by atoms with Gasteiger partial charge in [-0.05, 0) is 47.6 Å². The fourth-order valence-corrected chi connectivity index (χ4v) is 5.70. The van der Waals surface area contributed by atoms with E-state index in [1.54, 1.807) is 48.9 Å². The summed E-state index contributed by atoms with van der Waals surface area (Å²) in [6, 6.07) is 3.23. The van der Waals surface area contributed by atoms with Gasteiger partial charge in [-0.1, -0.05) is 87.4 Å². The molecule has 0 saturated heterocycles. The van der Waals surface area contributed by atoms with Gasteiger partial charge in [0.2, 0.25) is 29.5 Å². The third-order valence-electron chi connectivity index (χ3n) is 8.70. The molecule has 272 valence electrons. The summed E-state index contributed by atoms with van der Waals surface area (Å²) in [6.45, 7) is 18.6. The lowest BCUT2D eigenvalue weighted by atomic mass is 9.95. The summed E-state index contributed by atoms with van der Waals surface area (Å²) in [4.78, 5) is 70.6. The number of methoxy groups -OCH3 is 1. The molecule has 0 aliphatic heterocycles. The number of benzene rings is 1. The zero-order valence-electron chi connectivity index (χ0n) is 31.4. The van der Waals surface area contributed by atoms with Gasteiger partial charge in [0.1, 0.15) is 29.9 Å². The van der Waals surface area contributed by atoms with Crippen LogP contribution in [0.25, 0.3) is 0 Å². The molecule has 5 atom stereocenters. The molecule has 48 heavy (non-hydrogen) atoms. The highest BCUT2D eigenvalue weighted by atomic mass is 16.5. The van der Waals surface area contributed by atoms with E-state index in [9.17, 15) is 24.0 Å². The summed E-state index contributed by atoms with van der Waals surface area (Å²) < 4.78 is 5.41. The number of likely N-dealkylation sites (N-methyl/N-ethyl adjacent to an activating group) is 2. The largest absolute Gasteiger partial charge is 0.496 e. The number of nitrogens with zero attached hydrogens (tertiary/aromatic N) is 2. The van der Waals surface area contributed by atoms with E-state index in [1.165, 1.54) is 9.80 Å². The predicted molar refractivity (Wildman–Crippen MR) is 189 cm³/mol. The average molecular weight is 675 g/mol. The summed E-state index contributed by atoms with van der Waals surface area (Å²) >= 11 is 0. The van der Waals surface area contributed by atoms with Gasteiger partial charge in [0.25, 0.3) is 0 Å². The fraction of sp³-hybridized carbons (Fsp3) is 0.694. The van der Waals surface area contributed by atoms with Gasteiger partial charge in [-0.15, -0.1) is 0 Å². The fourth-order valence-electron chi connectivity index (χ4n) is 5.70. The maximum Gasteiger partial charge on any atom is 0.246 e. The Hall–Kier alpha value is -3.67. The van der Waals surface area contributed by atoms with Crippen molar-refractivity contribution >= 4 is 29.5 Å². The number of hydrogen-bond acceptors (Lipinski definition) is 7. The van der Waals surface area contributed by atoms with Gasteiger partial charge < -0.3 is 36.2 Å². The summed E-state index contributed by atoms with van der Waals surface area (Å²) in [5.74, 6) is -2.59. The highest BCUT2D eigenvalue weighted by Crippen LogP contribution is 2.21. The second kappa shape index (κ2) is 19.4. The van der Waals surface area contributed by atoms with Crippen LogP contribution in [0.2, 0.25) is 0 Å². The summed E-state index contributed by atoms with van der Waals surface area (Å²) in [7, 11) is 4.73. The first-order valence-electron chi connectivity index (χ1n) is 17.1. The van der Waals surface area contributed by atoms with Crippen molar-refractivity contribution < 1.29 is 28.7 Å². The molecule has 12 heteroatoms. The van der Waals surface area contributed by atoms with E-state index in [1.807, 2.05) is 65.8 Å². The lowest BCUT2D eigenvalue weighted by molar-refractivity contribution is -0.151. The first-order chi connectivity index (χ1) is 22.3. The molecule has 12 nitrogen and oxygen atoms in total. The van der Waals surface area contributed by atoms with E-state index in [0.29, 0.717) is 13.0 Å². The van der Waals surface area contributed by atoms with Crippen molar-refractivity contribution in [2.45, 2.75) is 106 Å². The van der Waals surface area contributed by atoms with Crippen LogP contribution in [0.4, 0.5) is 0 Å². The number of nitrogens with one attached hydrogen (secondary N) is 3. The number of hydrogen-bond donors (Lipinski definition) is 4. The molecule has 0 aromatic heterocycles. The molecule has 5 N–H and O–H groups in total.